The van der Waals surface area contributed by atoms with Crippen molar-refractivity contribution in [2.24, 2.45) is 10.1 Å². The zero-order valence-corrected chi connectivity index (χ0v) is 17.4. The zero-order valence-electron chi connectivity index (χ0n) is 15.8. The van der Waals surface area contributed by atoms with Gasteiger partial charge in [0, 0.05) is 10.6 Å². The molecule has 29 heavy (non-hydrogen) atoms. The highest BCUT2D eigenvalue weighted by atomic mass is 35.5. The average molecular weight is 427 g/mol. The van der Waals surface area contributed by atoms with Gasteiger partial charge in [0.15, 0.2) is 5.84 Å². The fourth-order valence-electron chi connectivity index (χ4n) is 3.03. The summed E-state index contributed by atoms with van der Waals surface area (Å²) in [6.07, 6.45) is 5.65. The third kappa shape index (κ3) is 4.21. The Balaban J connectivity index is 1.56. The average Bonchev–Trinajstić information content (AvgIpc) is 3.32. The number of hydrazone groups is 1. The number of aliphatic imine (C=N–C) groups is 1. The lowest BCUT2D eigenvalue weighted by atomic mass is 10.1. The Morgan fingerprint density at radius 1 is 1.28 bits per heavy atom. The molecule has 0 spiro atoms. The standard InChI is InChI=1S/C21H19ClN4O2S/c1-2-3-4-8-18-25-26-19(23)16(20(27)24-21(26)29-18)12-15-9-10-17(28-15)13-6-5-7-14(22)11-13/h5-7,9-12,23H,2-4,8H2,1H3. The van der Waals surface area contributed by atoms with Gasteiger partial charge in [-0.05, 0) is 54.9 Å². The second kappa shape index (κ2) is 8.39. The first-order valence-electron chi connectivity index (χ1n) is 9.40. The molecular formula is C21H19ClN4O2S. The first-order valence-corrected chi connectivity index (χ1v) is 10.6. The zero-order chi connectivity index (χ0) is 20.4. The molecule has 1 aromatic heterocycles. The fraction of sp³-hybridized carbons (Fsp3) is 0.238. The van der Waals surface area contributed by atoms with Crippen molar-refractivity contribution in [2.45, 2.75) is 32.6 Å². The number of hydrogen-bond acceptors (Lipinski definition) is 5. The largest absolute Gasteiger partial charge is 0.457 e. The number of benzene rings is 1. The molecule has 148 valence electrons. The number of fused-ring (bicyclic) bond motifs is 1. The molecule has 2 aliphatic rings. The Bertz CT molecular complexity index is 1070. The maximum atomic E-state index is 12.5. The van der Waals surface area contributed by atoms with E-state index in [9.17, 15) is 4.79 Å². The van der Waals surface area contributed by atoms with Crippen LogP contribution in [0, 0.1) is 5.41 Å². The molecule has 2 aromatic rings. The van der Waals surface area contributed by atoms with E-state index >= 15 is 0 Å². The van der Waals surface area contributed by atoms with Gasteiger partial charge in [-0.25, -0.2) is 0 Å². The molecule has 0 bridgehead atoms. The number of unbranched alkanes of at least 4 members (excludes halogenated alkanes) is 2. The number of carbonyl (C=O) groups is 1. The lowest BCUT2D eigenvalue weighted by Gasteiger charge is -2.19. The molecule has 0 saturated heterocycles. The van der Waals surface area contributed by atoms with Crippen LogP contribution < -0.4 is 0 Å². The van der Waals surface area contributed by atoms with Crippen molar-refractivity contribution in [1.82, 2.24) is 5.01 Å². The highest BCUT2D eigenvalue weighted by molar-refractivity contribution is 8.26. The summed E-state index contributed by atoms with van der Waals surface area (Å²) in [6, 6.07) is 10.9. The summed E-state index contributed by atoms with van der Waals surface area (Å²) in [5, 5.41) is 16.3. The molecule has 0 aliphatic carbocycles. The van der Waals surface area contributed by atoms with E-state index in [1.54, 1.807) is 24.3 Å². The Labute approximate surface area is 177 Å². The molecule has 0 unspecified atom stereocenters. The van der Waals surface area contributed by atoms with Gasteiger partial charge in [0.1, 0.15) is 16.6 Å². The van der Waals surface area contributed by atoms with Crippen LogP contribution >= 0.6 is 23.4 Å². The Morgan fingerprint density at radius 2 is 2.14 bits per heavy atom. The van der Waals surface area contributed by atoms with Gasteiger partial charge in [-0.1, -0.05) is 43.5 Å². The lowest BCUT2D eigenvalue weighted by molar-refractivity contribution is -0.114. The van der Waals surface area contributed by atoms with E-state index in [2.05, 4.69) is 17.0 Å². The maximum absolute atomic E-state index is 12.5. The molecule has 0 atom stereocenters. The van der Waals surface area contributed by atoms with Crippen molar-refractivity contribution in [3.05, 3.63) is 52.8 Å². The molecule has 1 amide bonds. The van der Waals surface area contributed by atoms with Crippen LogP contribution in [0.4, 0.5) is 0 Å². The Hall–Kier alpha value is -2.64. The number of rotatable bonds is 6. The number of nitrogens with zero attached hydrogens (tertiary/aromatic N) is 3. The Morgan fingerprint density at radius 3 is 2.93 bits per heavy atom. The monoisotopic (exact) mass is 426 g/mol. The second-order valence-electron chi connectivity index (χ2n) is 6.68. The van der Waals surface area contributed by atoms with Gasteiger partial charge < -0.3 is 4.42 Å². The normalized spacial score (nSPS) is 17.6. The molecule has 0 saturated carbocycles. The summed E-state index contributed by atoms with van der Waals surface area (Å²) in [7, 11) is 0. The van der Waals surface area contributed by atoms with Gasteiger partial charge in [-0.2, -0.15) is 15.1 Å². The van der Waals surface area contributed by atoms with Crippen LogP contribution in [0.5, 0.6) is 0 Å². The van der Waals surface area contributed by atoms with Crippen LogP contribution in [-0.4, -0.2) is 27.0 Å². The van der Waals surface area contributed by atoms with Crippen molar-refractivity contribution in [1.29, 1.82) is 5.41 Å². The Kier molecular flexibility index (Phi) is 5.69. The van der Waals surface area contributed by atoms with Crippen LogP contribution in [0.1, 0.15) is 38.4 Å². The fourth-order valence-corrected chi connectivity index (χ4v) is 4.15. The molecule has 4 rings (SSSR count). The smallest absolute Gasteiger partial charge is 0.283 e. The van der Waals surface area contributed by atoms with Crippen molar-refractivity contribution in [2.75, 3.05) is 0 Å². The second-order valence-corrected chi connectivity index (χ2v) is 8.16. The van der Waals surface area contributed by atoms with E-state index in [1.807, 2.05) is 12.1 Å². The number of nitrogens with one attached hydrogen (secondary N) is 1. The molecule has 8 heteroatoms. The van der Waals surface area contributed by atoms with Gasteiger partial charge in [0.2, 0.25) is 5.17 Å². The molecule has 0 fully saturated rings. The number of furan rings is 1. The summed E-state index contributed by atoms with van der Waals surface area (Å²) < 4.78 is 5.83. The molecule has 1 aromatic carbocycles. The van der Waals surface area contributed by atoms with Crippen LogP contribution in [0.3, 0.4) is 0 Å². The summed E-state index contributed by atoms with van der Waals surface area (Å²) in [4.78, 5) is 16.6. The van der Waals surface area contributed by atoms with E-state index in [4.69, 9.17) is 21.4 Å². The summed E-state index contributed by atoms with van der Waals surface area (Å²) >= 11 is 7.40. The first-order chi connectivity index (χ1) is 14.0. The number of thioether (sulfide) groups is 1. The van der Waals surface area contributed by atoms with E-state index in [0.717, 1.165) is 36.3 Å². The van der Waals surface area contributed by atoms with Crippen LogP contribution in [0.25, 0.3) is 17.4 Å². The lowest BCUT2D eigenvalue weighted by Crippen LogP contribution is -2.35. The van der Waals surface area contributed by atoms with Crippen LogP contribution in [0.2, 0.25) is 5.02 Å². The third-order valence-electron chi connectivity index (χ3n) is 4.51. The molecule has 0 radical (unpaired) electrons. The number of halogens is 1. The summed E-state index contributed by atoms with van der Waals surface area (Å²) in [6.45, 7) is 2.15. The van der Waals surface area contributed by atoms with E-state index in [-0.39, 0.29) is 11.4 Å². The highest BCUT2D eigenvalue weighted by Crippen LogP contribution is 2.31. The summed E-state index contributed by atoms with van der Waals surface area (Å²) in [5.74, 6) is 0.648. The van der Waals surface area contributed by atoms with E-state index < -0.39 is 5.91 Å². The minimum absolute atomic E-state index is 0.0127. The topological polar surface area (TPSA) is 82.0 Å². The third-order valence-corrected chi connectivity index (χ3v) is 5.72. The van der Waals surface area contributed by atoms with E-state index in [1.165, 1.54) is 22.8 Å². The molecular weight excluding hydrogens is 408 g/mol. The van der Waals surface area contributed by atoms with Gasteiger partial charge in [0.25, 0.3) is 5.91 Å². The predicted molar refractivity (Wildman–Crippen MR) is 118 cm³/mol. The number of carbonyl (C=O) groups excluding carboxylic acids is 1. The van der Waals surface area contributed by atoms with E-state index in [0.29, 0.717) is 21.7 Å². The quantitative estimate of drug-likeness (QED) is 0.467. The number of hydrogen-bond donors (Lipinski definition) is 1. The van der Waals surface area contributed by atoms with Crippen molar-refractivity contribution < 1.29 is 9.21 Å². The number of amidine groups is 2. The van der Waals surface area contributed by atoms with Crippen LogP contribution in [0.15, 0.2) is 56.5 Å². The molecule has 2 aliphatic heterocycles. The van der Waals surface area contributed by atoms with Gasteiger partial charge in [0.05, 0.1) is 5.57 Å². The van der Waals surface area contributed by atoms with Crippen molar-refractivity contribution >= 4 is 51.4 Å². The molecule has 3 heterocycles. The minimum Gasteiger partial charge on any atom is -0.457 e. The maximum Gasteiger partial charge on any atom is 0.283 e. The SMILES string of the molecule is CCCCCC1=NN2C(=N)C(=Cc3ccc(-c4cccc(Cl)c4)o3)C(=O)N=C2S1. The van der Waals surface area contributed by atoms with Gasteiger partial charge in [-0.3, -0.25) is 10.2 Å². The number of amides is 1. The van der Waals surface area contributed by atoms with Crippen molar-refractivity contribution in [3.63, 3.8) is 0 Å². The first kappa shape index (κ1) is 19.7. The van der Waals surface area contributed by atoms with Crippen molar-refractivity contribution in [3.8, 4) is 11.3 Å². The summed E-state index contributed by atoms with van der Waals surface area (Å²) in [5.41, 5.74) is 0.990. The molecule has 1 N–H and O–H groups in total. The minimum atomic E-state index is -0.459. The highest BCUT2D eigenvalue weighted by Gasteiger charge is 2.35. The van der Waals surface area contributed by atoms with Crippen LogP contribution in [-0.2, 0) is 4.79 Å². The molecule has 6 nitrogen and oxygen atoms in total. The van der Waals surface area contributed by atoms with Gasteiger partial charge >= 0.3 is 0 Å². The predicted octanol–water partition coefficient (Wildman–Crippen LogP) is 5.80. The van der Waals surface area contributed by atoms with Gasteiger partial charge in [-0.15, -0.1) is 0 Å².